The smallest absolute Gasteiger partial charge is 0.264 e. The van der Waals surface area contributed by atoms with E-state index < -0.39 is 5.82 Å². The van der Waals surface area contributed by atoms with Crippen molar-refractivity contribution in [3.8, 4) is 17.0 Å². The third-order valence-electron chi connectivity index (χ3n) is 4.23. The summed E-state index contributed by atoms with van der Waals surface area (Å²) in [6, 6.07) is 12.0. The van der Waals surface area contributed by atoms with Crippen LogP contribution in [-0.2, 0) is 9.59 Å². The predicted octanol–water partition coefficient (Wildman–Crippen LogP) is 5.05. The number of ether oxygens (including phenoxy) is 1. The minimum Gasteiger partial charge on any atom is -0.484 e. The standard InChI is InChI=1S/C22H22FN3O3S/c1-13(2)15-4-7-17(8-5-15)29-11-21(28)26-22-25-20(12-30-22)18-9-6-16(10-19(18)23)24-14(3)27/h4-10,12-13H,11H2,1-3H3,(H,24,27)(H,25,26,28). The summed E-state index contributed by atoms with van der Waals surface area (Å²) in [5.74, 6) is -0.120. The van der Waals surface area contributed by atoms with E-state index in [0.29, 0.717) is 28.2 Å². The number of carbonyl (C=O) groups excluding carboxylic acids is 2. The van der Waals surface area contributed by atoms with Crippen molar-refractivity contribution < 1.29 is 18.7 Å². The molecule has 0 bridgehead atoms. The maximum absolute atomic E-state index is 14.4. The number of thiazole rings is 1. The highest BCUT2D eigenvalue weighted by atomic mass is 32.1. The number of benzene rings is 2. The molecule has 2 aromatic carbocycles. The minimum atomic E-state index is -0.516. The highest BCUT2D eigenvalue weighted by molar-refractivity contribution is 7.14. The summed E-state index contributed by atoms with van der Waals surface area (Å²) in [5, 5.41) is 7.17. The van der Waals surface area contributed by atoms with Crippen molar-refractivity contribution in [3.63, 3.8) is 0 Å². The monoisotopic (exact) mass is 427 g/mol. The third kappa shape index (κ3) is 5.64. The maximum atomic E-state index is 14.4. The van der Waals surface area contributed by atoms with Gasteiger partial charge in [-0.15, -0.1) is 11.3 Å². The third-order valence-corrected chi connectivity index (χ3v) is 4.99. The van der Waals surface area contributed by atoms with Crippen LogP contribution in [0.4, 0.5) is 15.2 Å². The number of hydrogen-bond donors (Lipinski definition) is 2. The Bertz CT molecular complexity index is 1050. The molecule has 0 atom stereocenters. The van der Waals surface area contributed by atoms with Crippen molar-refractivity contribution in [2.75, 3.05) is 17.2 Å². The van der Waals surface area contributed by atoms with Crippen LogP contribution >= 0.6 is 11.3 Å². The zero-order valence-electron chi connectivity index (χ0n) is 16.9. The van der Waals surface area contributed by atoms with Crippen LogP contribution in [-0.4, -0.2) is 23.4 Å². The second kappa shape index (κ2) is 9.49. The fourth-order valence-electron chi connectivity index (χ4n) is 2.71. The van der Waals surface area contributed by atoms with Crippen LogP contribution < -0.4 is 15.4 Å². The van der Waals surface area contributed by atoms with Gasteiger partial charge >= 0.3 is 0 Å². The van der Waals surface area contributed by atoms with Gasteiger partial charge in [-0.25, -0.2) is 9.37 Å². The number of carbonyl (C=O) groups is 2. The van der Waals surface area contributed by atoms with Crippen LogP contribution in [0.3, 0.4) is 0 Å². The van der Waals surface area contributed by atoms with Gasteiger partial charge in [0.05, 0.1) is 5.69 Å². The van der Waals surface area contributed by atoms with E-state index in [2.05, 4.69) is 29.5 Å². The first-order valence-corrected chi connectivity index (χ1v) is 10.3. The van der Waals surface area contributed by atoms with Crippen LogP contribution in [0.25, 0.3) is 11.3 Å². The van der Waals surface area contributed by atoms with Gasteiger partial charge in [-0.2, -0.15) is 0 Å². The molecule has 2 amide bonds. The molecule has 1 aromatic heterocycles. The fraction of sp³-hybridized carbons (Fsp3) is 0.227. The molecule has 2 N–H and O–H groups in total. The first-order valence-electron chi connectivity index (χ1n) is 9.37. The van der Waals surface area contributed by atoms with Gasteiger partial charge in [0.25, 0.3) is 5.91 Å². The molecule has 156 valence electrons. The Balaban J connectivity index is 1.58. The van der Waals surface area contributed by atoms with Gasteiger partial charge in [-0.1, -0.05) is 26.0 Å². The van der Waals surface area contributed by atoms with Gasteiger partial charge < -0.3 is 10.1 Å². The van der Waals surface area contributed by atoms with E-state index in [9.17, 15) is 14.0 Å². The molecule has 3 rings (SSSR count). The van der Waals surface area contributed by atoms with E-state index >= 15 is 0 Å². The summed E-state index contributed by atoms with van der Waals surface area (Å²) in [7, 11) is 0. The molecule has 0 saturated heterocycles. The molecule has 30 heavy (non-hydrogen) atoms. The van der Waals surface area contributed by atoms with Crippen molar-refractivity contribution in [1.82, 2.24) is 4.98 Å². The quantitative estimate of drug-likeness (QED) is 0.553. The van der Waals surface area contributed by atoms with Crippen LogP contribution in [0.15, 0.2) is 47.8 Å². The number of nitrogens with zero attached hydrogens (tertiary/aromatic N) is 1. The molecule has 0 fully saturated rings. The number of amides is 2. The molecule has 3 aromatic rings. The zero-order chi connectivity index (χ0) is 21.7. The molecule has 8 heteroatoms. The van der Waals surface area contributed by atoms with Crippen molar-refractivity contribution in [2.24, 2.45) is 0 Å². The largest absolute Gasteiger partial charge is 0.484 e. The molecule has 0 aliphatic rings. The summed E-state index contributed by atoms with van der Waals surface area (Å²) in [6.45, 7) is 5.41. The van der Waals surface area contributed by atoms with Crippen molar-refractivity contribution in [2.45, 2.75) is 26.7 Å². The second-order valence-electron chi connectivity index (χ2n) is 6.97. The van der Waals surface area contributed by atoms with E-state index in [1.807, 2.05) is 24.3 Å². The summed E-state index contributed by atoms with van der Waals surface area (Å²) in [6.07, 6.45) is 0. The first kappa shape index (κ1) is 21.4. The van der Waals surface area contributed by atoms with E-state index in [-0.39, 0.29) is 24.0 Å². The van der Waals surface area contributed by atoms with Crippen molar-refractivity contribution in [3.05, 3.63) is 59.2 Å². The lowest BCUT2D eigenvalue weighted by Gasteiger charge is -2.08. The minimum absolute atomic E-state index is 0.157. The number of nitrogens with one attached hydrogen (secondary N) is 2. The van der Waals surface area contributed by atoms with Gasteiger partial charge in [0.2, 0.25) is 5.91 Å². The Morgan fingerprint density at radius 2 is 1.87 bits per heavy atom. The van der Waals surface area contributed by atoms with Crippen LogP contribution in [0.1, 0.15) is 32.3 Å². The topological polar surface area (TPSA) is 80.3 Å². The number of anilines is 2. The van der Waals surface area contributed by atoms with Crippen LogP contribution in [0.2, 0.25) is 0 Å². The van der Waals surface area contributed by atoms with Gasteiger partial charge in [-0.3, -0.25) is 14.9 Å². The normalized spacial score (nSPS) is 10.7. The SMILES string of the molecule is CC(=O)Nc1ccc(-c2csc(NC(=O)COc3ccc(C(C)C)cc3)n2)c(F)c1. The molecule has 0 radical (unpaired) electrons. The lowest BCUT2D eigenvalue weighted by Crippen LogP contribution is -2.20. The van der Waals surface area contributed by atoms with E-state index in [4.69, 9.17) is 4.74 Å². The molecule has 0 aliphatic carbocycles. The molecular formula is C22H22FN3O3S. The van der Waals surface area contributed by atoms with Gasteiger partial charge in [0.1, 0.15) is 11.6 Å². The number of aromatic nitrogens is 1. The number of halogens is 1. The Labute approximate surface area is 178 Å². The number of hydrogen-bond acceptors (Lipinski definition) is 5. The summed E-state index contributed by atoms with van der Waals surface area (Å²) < 4.78 is 19.9. The predicted molar refractivity (Wildman–Crippen MR) is 116 cm³/mol. The average Bonchev–Trinajstić information content (AvgIpc) is 3.14. The Morgan fingerprint density at radius 3 is 2.50 bits per heavy atom. The highest BCUT2D eigenvalue weighted by Crippen LogP contribution is 2.28. The molecule has 0 spiro atoms. The summed E-state index contributed by atoms with van der Waals surface area (Å²) in [4.78, 5) is 27.5. The first-order chi connectivity index (χ1) is 14.3. The Hall–Kier alpha value is -3.26. The molecule has 0 unspecified atom stereocenters. The Kier molecular flexibility index (Phi) is 6.79. The summed E-state index contributed by atoms with van der Waals surface area (Å²) in [5.41, 5.74) is 2.24. The van der Waals surface area contributed by atoms with Gasteiger partial charge in [0.15, 0.2) is 11.7 Å². The van der Waals surface area contributed by atoms with E-state index in [1.165, 1.54) is 36.0 Å². The molecule has 0 saturated carbocycles. The van der Waals surface area contributed by atoms with E-state index in [0.717, 1.165) is 0 Å². The second-order valence-corrected chi connectivity index (χ2v) is 7.83. The zero-order valence-corrected chi connectivity index (χ0v) is 17.7. The van der Waals surface area contributed by atoms with Gasteiger partial charge in [0, 0.05) is 23.6 Å². The molecule has 0 aliphatic heterocycles. The molecule has 1 heterocycles. The number of rotatable bonds is 7. The maximum Gasteiger partial charge on any atom is 0.264 e. The lowest BCUT2D eigenvalue weighted by molar-refractivity contribution is -0.118. The molecule has 6 nitrogen and oxygen atoms in total. The van der Waals surface area contributed by atoms with Crippen molar-refractivity contribution >= 4 is 34.0 Å². The fourth-order valence-corrected chi connectivity index (χ4v) is 3.44. The van der Waals surface area contributed by atoms with Crippen LogP contribution in [0.5, 0.6) is 5.75 Å². The van der Waals surface area contributed by atoms with Crippen molar-refractivity contribution in [1.29, 1.82) is 0 Å². The average molecular weight is 428 g/mol. The van der Waals surface area contributed by atoms with E-state index in [1.54, 1.807) is 11.4 Å². The molecular weight excluding hydrogens is 405 g/mol. The van der Waals surface area contributed by atoms with Gasteiger partial charge in [-0.05, 0) is 41.8 Å². The Morgan fingerprint density at radius 1 is 1.13 bits per heavy atom. The highest BCUT2D eigenvalue weighted by Gasteiger charge is 2.13. The summed E-state index contributed by atoms with van der Waals surface area (Å²) >= 11 is 1.19. The van der Waals surface area contributed by atoms with Crippen LogP contribution in [0, 0.1) is 5.82 Å². The lowest BCUT2D eigenvalue weighted by atomic mass is 10.0.